The third-order valence-electron chi connectivity index (χ3n) is 3.94. The first-order valence-corrected chi connectivity index (χ1v) is 7.83. The molecule has 0 bridgehead atoms. The molecular formula is C16H22F3N3O2. The molecule has 1 aromatic carbocycles. The molecule has 0 atom stereocenters. The van der Waals surface area contributed by atoms with Gasteiger partial charge in [-0.05, 0) is 18.2 Å². The van der Waals surface area contributed by atoms with Gasteiger partial charge in [-0.3, -0.25) is 9.69 Å². The van der Waals surface area contributed by atoms with Crippen molar-refractivity contribution in [3.8, 4) is 0 Å². The van der Waals surface area contributed by atoms with E-state index in [4.69, 9.17) is 4.74 Å². The molecule has 1 amide bonds. The highest BCUT2D eigenvalue weighted by molar-refractivity contribution is 5.81. The van der Waals surface area contributed by atoms with Gasteiger partial charge in [0, 0.05) is 38.9 Å². The van der Waals surface area contributed by atoms with Crippen LogP contribution < -0.4 is 10.2 Å². The third-order valence-corrected chi connectivity index (χ3v) is 3.94. The summed E-state index contributed by atoms with van der Waals surface area (Å²) in [5.74, 6) is -0.241. The summed E-state index contributed by atoms with van der Waals surface area (Å²) in [4.78, 5) is 15.6. The van der Waals surface area contributed by atoms with E-state index in [1.807, 2.05) is 0 Å². The van der Waals surface area contributed by atoms with Crippen LogP contribution in [0.3, 0.4) is 0 Å². The molecule has 134 valence electrons. The Kier molecular flexibility index (Phi) is 6.44. The van der Waals surface area contributed by atoms with Gasteiger partial charge in [0.15, 0.2) is 0 Å². The fourth-order valence-electron chi connectivity index (χ4n) is 2.52. The molecule has 0 saturated carbocycles. The Hall–Kier alpha value is -1.80. The highest BCUT2D eigenvalue weighted by Crippen LogP contribution is 2.31. The second-order valence-corrected chi connectivity index (χ2v) is 5.60. The first-order valence-electron chi connectivity index (χ1n) is 7.83. The summed E-state index contributed by atoms with van der Waals surface area (Å²) in [6.45, 7) is 4.03. The van der Waals surface area contributed by atoms with E-state index in [9.17, 15) is 18.0 Å². The van der Waals surface area contributed by atoms with Crippen molar-refractivity contribution < 1.29 is 22.7 Å². The smallest absolute Gasteiger partial charge is 0.379 e. The summed E-state index contributed by atoms with van der Waals surface area (Å²) >= 11 is 0. The van der Waals surface area contributed by atoms with Crippen molar-refractivity contribution >= 4 is 11.6 Å². The molecule has 1 saturated heterocycles. The number of carbonyl (C=O) groups is 1. The lowest BCUT2D eigenvalue weighted by Gasteiger charge is -2.31. The number of nitrogens with one attached hydrogen (secondary N) is 1. The number of amides is 1. The summed E-state index contributed by atoms with van der Waals surface area (Å²) in [6.07, 6.45) is -4.40. The number of likely N-dealkylation sites (N-methyl/N-ethyl adjacent to an activating group) is 1. The van der Waals surface area contributed by atoms with Crippen LogP contribution in [-0.2, 0) is 15.7 Å². The third kappa shape index (κ3) is 5.38. The second kappa shape index (κ2) is 8.34. The maximum atomic E-state index is 12.9. The Morgan fingerprint density at radius 2 is 2.04 bits per heavy atom. The number of hydrogen-bond acceptors (Lipinski definition) is 4. The molecule has 1 aromatic rings. The maximum Gasteiger partial charge on any atom is 0.416 e. The Balaban J connectivity index is 2.11. The van der Waals surface area contributed by atoms with Gasteiger partial charge in [-0.1, -0.05) is 6.07 Å². The van der Waals surface area contributed by atoms with Crippen molar-refractivity contribution in [2.75, 3.05) is 57.9 Å². The largest absolute Gasteiger partial charge is 0.416 e. The monoisotopic (exact) mass is 345 g/mol. The zero-order valence-corrected chi connectivity index (χ0v) is 13.6. The van der Waals surface area contributed by atoms with E-state index in [1.165, 1.54) is 13.1 Å². The first kappa shape index (κ1) is 18.5. The fourth-order valence-corrected chi connectivity index (χ4v) is 2.52. The molecule has 2 rings (SSSR count). The number of alkyl halides is 3. The van der Waals surface area contributed by atoms with E-state index in [0.717, 1.165) is 25.2 Å². The summed E-state index contributed by atoms with van der Waals surface area (Å²) in [5.41, 5.74) is -0.324. The van der Waals surface area contributed by atoms with Crippen molar-refractivity contribution in [2.45, 2.75) is 6.18 Å². The van der Waals surface area contributed by atoms with E-state index in [2.05, 4.69) is 10.2 Å². The Morgan fingerprint density at radius 1 is 1.33 bits per heavy atom. The van der Waals surface area contributed by atoms with Crippen LogP contribution in [0.2, 0.25) is 0 Å². The number of benzene rings is 1. The van der Waals surface area contributed by atoms with E-state index in [-0.39, 0.29) is 12.5 Å². The standard InChI is InChI=1S/C16H22F3N3O2/c1-20-15(23)12-22(6-5-21-7-9-24-10-8-21)14-4-2-3-13(11-14)16(17,18)19/h2-4,11H,5-10,12H2,1H3,(H,20,23). The molecule has 0 radical (unpaired) electrons. The molecule has 0 unspecified atom stereocenters. The quantitative estimate of drug-likeness (QED) is 0.851. The number of carbonyl (C=O) groups excluding carboxylic acids is 1. The van der Waals surface area contributed by atoms with Gasteiger partial charge in [0.25, 0.3) is 0 Å². The van der Waals surface area contributed by atoms with Crippen molar-refractivity contribution in [3.05, 3.63) is 29.8 Å². The first-order chi connectivity index (χ1) is 11.4. The van der Waals surface area contributed by atoms with Gasteiger partial charge in [0.1, 0.15) is 0 Å². The van der Waals surface area contributed by atoms with Crippen molar-refractivity contribution in [1.82, 2.24) is 10.2 Å². The Labute approximate surface area is 139 Å². The summed E-state index contributed by atoms with van der Waals surface area (Å²) in [6, 6.07) is 5.08. The molecule has 0 aromatic heterocycles. The molecule has 5 nitrogen and oxygen atoms in total. The molecule has 8 heteroatoms. The predicted molar refractivity (Wildman–Crippen MR) is 85.0 cm³/mol. The lowest BCUT2D eigenvalue weighted by molar-refractivity contribution is -0.137. The molecular weight excluding hydrogens is 323 g/mol. The number of morpholine rings is 1. The van der Waals surface area contributed by atoms with Gasteiger partial charge in [-0.15, -0.1) is 0 Å². The van der Waals surface area contributed by atoms with Gasteiger partial charge in [0.2, 0.25) is 5.91 Å². The molecule has 1 aliphatic heterocycles. The zero-order chi connectivity index (χ0) is 17.6. The predicted octanol–water partition coefficient (Wildman–Crippen LogP) is 1.59. The number of hydrogen-bond donors (Lipinski definition) is 1. The van der Waals surface area contributed by atoms with Crippen molar-refractivity contribution in [3.63, 3.8) is 0 Å². The Morgan fingerprint density at radius 3 is 2.67 bits per heavy atom. The highest BCUT2D eigenvalue weighted by atomic mass is 19.4. The van der Waals surface area contributed by atoms with Gasteiger partial charge in [-0.2, -0.15) is 13.2 Å². The number of anilines is 1. The van der Waals surface area contributed by atoms with Gasteiger partial charge in [-0.25, -0.2) is 0 Å². The lowest BCUT2D eigenvalue weighted by atomic mass is 10.1. The molecule has 1 heterocycles. The van der Waals surface area contributed by atoms with Crippen LogP contribution in [0.5, 0.6) is 0 Å². The van der Waals surface area contributed by atoms with Crippen LogP contribution in [0.1, 0.15) is 5.56 Å². The van der Waals surface area contributed by atoms with Crippen LogP contribution in [0, 0.1) is 0 Å². The van der Waals surface area contributed by atoms with Crippen LogP contribution >= 0.6 is 0 Å². The minimum atomic E-state index is -4.40. The van der Waals surface area contributed by atoms with Crippen LogP contribution in [0.15, 0.2) is 24.3 Å². The summed E-state index contributed by atoms with van der Waals surface area (Å²) in [7, 11) is 1.51. The van der Waals surface area contributed by atoms with E-state index in [0.29, 0.717) is 32.0 Å². The van der Waals surface area contributed by atoms with Crippen molar-refractivity contribution in [1.29, 1.82) is 0 Å². The van der Waals surface area contributed by atoms with E-state index in [1.54, 1.807) is 11.0 Å². The second-order valence-electron chi connectivity index (χ2n) is 5.60. The van der Waals surface area contributed by atoms with Crippen LogP contribution in [0.25, 0.3) is 0 Å². The van der Waals surface area contributed by atoms with Gasteiger partial charge < -0.3 is 15.0 Å². The molecule has 1 aliphatic rings. The molecule has 24 heavy (non-hydrogen) atoms. The van der Waals surface area contributed by atoms with Gasteiger partial charge in [0.05, 0.1) is 25.3 Å². The SMILES string of the molecule is CNC(=O)CN(CCN1CCOCC1)c1cccc(C(F)(F)F)c1. The van der Waals surface area contributed by atoms with E-state index < -0.39 is 11.7 Å². The average molecular weight is 345 g/mol. The average Bonchev–Trinajstić information content (AvgIpc) is 2.58. The molecule has 1 fully saturated rings. The fraction of sp³-hybridized carbons (Fsp3) is 0.562. The van der Waals surface area contributed by atoms with Gasteiger partial charge >= 0.3 is 6.18 Å². The zero-order valence-electron chi connectivity index (χ0n) is 13.6. The number of ether oxygens (including phenoxy) is 1. The van der Waals surface area contributed by atoms with Crippen molar-refractivity contribution in [2.24, 2.45) is 0 Å². The summed E-state index contributed by atoms with van der Waals surface area (Å²) in [5, 5.41) is 2.51. The molecule has 0 spiro atoms. The highest BCUT2D eigenvalue weighted by Gasteiger charge is 2.31. The van der Waals surface area contributed by atoms with E-state index >= 15 is 0 Å². The number of halogens is 3. The lowest BCUT2D eigenvalue weighted by Crippen LogP contribution is -2.44. The minimum absolute atomic E-state index is 0.0160. The summed E-state index contributed by atoms with van der Waals surface area (Å²) < 4.78 is 44.0. The van der Waals surface area contributed by atoms with Crippen LogP contribution in [0.4, 0.5) is 18.9 Å². The number of nitrogens with zero attached hydrogens (tertiary/aromatic N) is 2. The molecule has 1 N–H and O–H groups in total. The molecule has 0 aliphatic carbocycles. The normalized spacial score (nSPS) is 16.0. The topological polar surface area (TPSA) is 44.8 Å². The minimum Gasteiger partial charge on any atom is -0.379 e. The maximum absolute atomic E-state index is 12.9. The van der Waals surface area contributed by atoms with Crippen LogP contribution in [-0.4, -0.2) is 63.8 Å². The number of rotatable bonds is 6. The Bertz CT molecular complexity index is 546.